The molecule has 0 aromatic carbocycles. The van der Waals surface area contributed by atoms with Gasteiger partial charge in [-0.15, -0.1) is 0 Å². The number of nitrogens with zero attached hydrogens (tertiary/aromatic N) is 2. The number of carbonyl (C=O) groups excluding carboxylic acids is 2. The number of aliphatic carboxylic acids is 1. The molecule has 108 valence electrons. The predicted molar refractivity (Wildman–Crippen MR) is 68.7 cm³/mol. The molecule has 7 heteroatoms. The standard InChI is InChI=1S/C12H21N3O4/c1-4-6-14(8-9(16)17)11(19)15-7-5-13-10(18)12(15,2)3/h4-8H2,1-3H3,(H,13,18)(H,16,17). The highest BCUT2D eigenvalue weighted by atomic mass is 16.4. The van der Waals surface area contributed by atoms with E-state index in [-0.39, 0.29) is 12.5 Å². The minimum absolute atomic E-state index is 0.223. The maximum Gasteiger partial charge on any atom is 0.323 e. The van der Waals surface area contributed by atoms with Crippen LogP contribution in [0.3, 0.4) is 0 Å². The van der Waals surface area contributed by atoms with Crippen LogP contribution in [0.4, 0.5) is 4.79 Å². The SMILES string of the molecule is CCCN(CC(=O)O)C(=O)N1CCNC(=O)C1(C)C. The van der Waals surface area contributed by atoms with E-state index in [0.717, 1.165) is 0 Å². The van der Waals surface area contributed by atoms with Gasteiger partial charge >= 0.3 is 12.0 Å². The van der Waals surface area contributed by atoms with Gasteiger partial charge in [-0.25, -0.2) is 4.79 Å². The fourth-order valence-electron chi connectivity index (χ4n) is 2.08. The summed E-state index contributed by atoms with van der Waals surface area (Å²) in [4.78, 5) is 37.7. The topological polar surface area (TPSA) is 90.0 Å². The Hall–Kier alpha value is -1.79. The molecule has 1 heterocycles. The summed E-state index contributed by atoms with van der Waals surface area (Å²) >= 11 is 0. The Morgan fingerprint density at radius 3 is 2.63 bits per heavy atom. The van der Waals surface area contributed by atoms with Gasteiger partial charge in [-0.3, -0.25) is 9.59 Å². The second kappa shape index (κ2) is 5.90. The molecule has 0 bridgehead atoms. The highest BCUT2D eigenvalue weighted by molar-refractivity contribution is 5.92. The van der Waals surface area contributed by atoms with Gasteiger partial charge in [-0.1, -0.05) is 6.92 Å². The normalized spacial score (nSPS) is 17.8. The van der Waals surface area contributed by atoms with Crippen molar-refractivity contribution >= 4 is 17.9 Å². The van der Waals surface area contributed by atoms with Gasteiger partial charge < -0.3 is 20.2 Å². The third-order valence-electron chi connectivity index (χ3n) is 3.17. The molecule has 19 heavy (non-hydrogen) atoms. The van der Waals surface area contributed by atoms with E-state index in [1.807, 2.05) is 6.92 Å². The zero-order valence-electron chi connectivity index (χ0n) is 11.6. The van der Waals surface area contributed by atoms with Gasteiger partial charge in [0.05, 0.1) is 0 Å². The fraction of sp³-hybridized carbons (Fsp3) is 0.750. The van der Waals surface area contributed by atoms with E-state index in [1.54, 1.807) is 13.8 Å². The van der Waals surface area contributed by atoms with Crippen LogP contribution in [-0.4, -0.2) is 64.5 Å². The van der Waals surface area contributed by atoms with Crippen molar-refractivity contribution in [3.8, 4) is 0 Å². The van der Waals surface area contributed by atoms with E-state index in [1.165, 1.54) is 9.80 Å². The van der Waals surface area contributed by atoms with Crippen LogP contribution >= 0.6 is 0 Å². The van der Waals surface area contributed by atoms with E-state index in [9.17, 15) is 14.4 Å². The van der Waals surface area contributed by atoms with Gasteiger partial charge in [-0.2, -0.15) is 0 Å². The number of amides is 3. The van der Waals surface area contributed by atoms with Crippen molar-refractivity contribution in [2.45, 2.75) is 32.7 Å². The van der Waals surface area contributed by atoms with Crippen LogP contribution in [0.15, 0.2) is 0 Å². The Bertz CT molecular complexity index is 381. The molecule has 1 aliphatic rings. The monoisotopic (exact) mass is 271 g/mol. The molecule has 0 aliphatic carbocycles. The zero-order chi connectivity index (χ0) is 14.6. The number of nitrogens with one attached hydrogen (secondary N) is 1. The third kappa shape index (κ3) is 3.36. The summed E-state index contributed by atoms with van der Waals surface area (Å²) in [5, 5.41) is 11.5. The van der Waals surface area contributed by atoms with Gasteiger partial charge in [0.25, 0.3) is 0 Å². The van der Waals surface area contributed by atoms with E-state index >= 15 is 0 Å². The van der Waals surface area contributed by atoms with Crippen LogP contribution in [0.2, 0.25) is 0 Å². The number of carbonyl (C=O) groups is 3. The van der Waals surface area contributed by atoms with Crippen LogP contribution in [0.25, 0.3) is 0 Å². The summed E-state index contributed by atoms with van der Waals surface area (Å²) in [7, 11) is 0. The molecule has 1 fully saturated rings. The maximum atomic E-state index is 12.4. The molecule has 0 saturated carbocycles. The van der Waals surface area contributed by atoms with Crippen LogP contribution in [0.1, 0.15) is 27.2 Å². The summed E-state index contributed by atoms with van der Waals surface area (Å²) in [6.45, 7) is 5.98. The summed E-state index contributed by atoms with van der Waals surface area (Å²) in [6, 6.07) is -0.399. The molecular formula is C12H21N3O4. The molecule has 1 rings (SSSR count). The maximum absolute atomic E-state index is 12.4. The van der Waals surface area contributed by atoms with Crippen molar-refractivity contribution in [3.63, 3.8) is 0 Å². The molecule has 0 atom stereocenters. The highest BCUT2D eigenvalue weighted by Gasteiger charge is 2.42. The number of urea groups is 1. The van der Waals surface area contributed by atoms with E-state index in [0.29, 0.717) is 26.1 Å². The Morgan fingerprint density at radius 1 is 1.47 bits per heavy atom. The van der Waals surface area contributed by atoms with Crippen LogP contribution < -0.4 is 5.32 Å². The predicted octanol–water partition coefficient (Wildman–Crippen LogP) is 0.113. The average Bonchev–Trinajstić information content (AvgIpc) is 2.31. The minimum Gasteiger partial charge on any atom is -0.480 e. The zero-order valence-corrected chi connectivity index (χ0v) is 11.6. The summed E-state index contributed by atoms with van der Waals surface area (Å²) in [5.74, 6) is -1.28. The Balaban J connectivity index is 2.88. The smallest absolute Gasteiger partial charge is 0.323 e. The van der Waals surface area contributed by atoms with Gasteiger partial charge in [0.2, 0.25) is 5.91 Å². The van der Waals surface area contributed by atoms with Crippen LogP contribution in [-0.2, 0) is 9.59 Å². The van der Waals surface area contributed by atoms with Crippen molar-refractivity contribution in [2.24, 2.45) is 0 Å². The molecule has 0 aromatic rings. The van der Waals surface area contributed by atoms with Crippen molar-refractivity contribution in [3.05, 3.63) is 0 Å². The van der Waals surface area contributed by atoms with Gasteiger partial charge in [0.1, 0.15) is 12.1 Å². The second-order valence-electron chi connectivity index (χ2n) is 5.06. The Labute approximate surface area is 112 Å². The number of carboxylic acid groups (broad SMARTS) is 1. The molecule has 1 aliphatic heterocycles. The number of rotatable bonds is 4. The van der Waals surface area contributed by atoms with Crippen molar-refractivity contribution < 1.29 is 19.5 Å². The molecule has 7 nitrogen and oxygen atoms in total. The first-order valence-electron chi connectivity index (χ1n) is 6.37. The molecule has 0 aromatic heterocycles. The quantitative estimate of drug-likeness (QED) is 0.759. The lowest BCUT2D eigenvalue weighted by atomic mass is 9.99. The van der Waals surface area contributed by atoms with Crippen molar-refractivity contribution in [1.82, 2.24) is 15.1 Å². The van der Waals surface area contributed by atoms with E-state index in [4.69, 9.17) is 5.11 Å². The third-order valence-corrected chi connectivity index (χ3v) is 3.17. The summed E-state index contributed by atoms with van der Waals surface area (Å²) < 4.78 is 0. The molecule has 0 spiro atoms. The summed E-state index contributed by atoms with van der Waals surface area (Å²) in [6.07, 6.45) is 0.666. The second-order valence-corrected chi connectivity index (χ2v) is 5.06. The lowest BCUT2D eigenvalue weighted by Gasteiger charge is -2.43. The van der Waals surface area contributed by atoms with Crippen LogP contribution in [0, 0.1) is 0 Å². The Morgan fingerprint density at radius 2 is 2.11 bits per heavy atom. The number of piperazine rings is 1. The van der Waals surface area contributed by atoms with E-state index in [2.05, 4.69) is 5.32 Å². The number of hydrogen-bond acceptors (Lipinski definition) is 3. The molecular weight excluding hydrogens is 250 g/mol. The number of carboxylic acids is 1. The first-order valence-corrected chi connectivity index (χ1v) is 6.37. The Kier molecular flexibility index (Phi) is 4.74. The molecule has 0 unspecified atom stereocenters. The fourth-order valence-corrected chi connectivity index (χ4v) is 2.08. The average molecular weight is 271 g/mol. The van der Waals surface area contributed by atoms with Crippen molar-refractivity contribution in [2.75, 3.05) is 26.2 Å². The van der Waals surface area contributed by atoms with Gasteiger partial charge in [0, 0.05) is 19.6 Å². The lowest BCUT2D eigenvalue weighted by Crippen LogP contribution is -2.65. The minimum atomic E-state index is -1.05. The van der Waals surface area contributed by atoms with Crippen molar-refractivity contribution in [1.29, 1.82) is 0 Å². The summed E-state index contributed by atoms with van der Waals surface area (Å²) in [5.41, 5.74) is -0.959. The van der Waals surface area contributed by atoms with Gasteiger partial charge in [-0.05, 0) is 20.3 Å². The number of hydrogen-bond donors (Lipinski definition) is 2. The largest absolute Gasteiger partial charge is 0.480 e. The molecule has 1 saturated heterocycles. The van der Waals surface area contributed by atoms with Crippen LogP contribution in [0.5, 0.6) is 0 Å². The lowest BCUT2D eigenvalue weighted by molar-refractivity contribution is -0.138. The molecule has 0 radical (unpaired) electrons. The first-order chi connectivity index (χ1) is 8.80. The highest BCUT2D eigenvalue weighted by Crippen LogP contribution is 2.19. The first kappa shape index (κ1) is 15.3. The van der Waals surface area contributed by atoms with E-state index < -0.39 is 17.5 Å². The molecule has 2 N–H and O–H groups in total. The molecule has 3 amide bonds. The van der Waals surface area contributed by atoms with Gasteiger partial charge in [0.15, 0.2) is 0 Å².